The fourth-order valence-corrected chi connectivity index (χ4v) is 3.78. The summed E-state index contributed by atoms with van der Waals surface area (Å²) in [4.78, 5) is 7.15. The molecule has 6 nitrogen and oxygen atoms in total. The van der Waals surface area contributed by atoms with E-state index in [0.717, 1.165) is 55.4 Å². The van der Waals surface area contributed by atoms with E-state index in [-0.39, 0.29) is 35.8 Å². The average molecular weight is 556 g/mol. The number of morpholine rings is 1. The van der Waals surface area contributed by atoms with Crippen molar-refractivity contribution in [2.75, 3.05) is 53.0 Å². The first-order chi connectivity index (χ1) is 15.2. The summed E-state index contributed by atoms with van der Waals surface area (Å²) >= 11 is 0. The van der Waals surface area contributed by atoms with Crippen molar-refractivity contribution in [2.45, 2.75) is 19.4 Å². The van der Waals surface area contributed by atoms with Gasteiger partial charge < -0.3 is 20.1 Å². The molecule has 0 amide bonds. The molecule has 32 heavy (non-hydrogen) atoms. The van der Waals surface area contributed by atoms with E-state index in [0.29, 0.717) is 19.8 Å². The molecule has 176 valence electrons. The molecule has 0 saturated carbocycles. The highest BCUT2D eigenvalue weighted by atomic mass is 127. The molecule has 0 aliphatic carbocycles. The maximum atomic E-state index is 13.9. The molecule has 1 atom stereocenters. The number of halogens is 2. The maximum absolute atomic E-state index is 13.9. The molecule has 0 radical (unpaired) electrons. The Morgan fingerprint density at radius 2 is 1.94 bits per heavy atom. The molecule has 0 spiro atoms. The molecule has 2 N–H and O–H groups in total. The first-order valence-corrected chi connectivity index (χ1v) is 10.9. The lowest BCUT2D eigenvalue weighted by Gasteiger charge is -2.34. The van der Waals surface area contributed by atoms with Crippen LogP contribution in [-0.2, 0) is 11.2 Å². The minimum atomic E-state index is -0.221. The van der Waals surface area contributed by atoms with E-state index in [9.17, 15) is 4.39 Å². The number of methoxy groups -OCH3 is 1. The molecule has 1 fully saturated rings. The minimum Gasteiger partial charge on any atom is -0.496 e. The summed E-state index contributed by atoms with van der Waals surface area (Å²) in [6.07, 6.45) is 0.825. The van der Waals surface area contributed by atoms with Crippen LogP contribution < -0.4 is 15.4 Å². The summed E-state index contributed by atoms with van der Waals surface area (Å²) in [5.74, 6) is 1.43. The molecule has 8 heteroatoms. The van der Waals surface area contributed by atoms with Crippen molar-refractivity contribution in [1.82, 2.24) is 15.5 Å². The van der Waals surface area contributed by atoms with Gasteiger partial charge in [0.25, 0.3) is 0 Å². The van der Waals surface area contributed by atoms with E-state index in [4.69, 9.17) is 14.5 Å². The summed E-state index contributed by atoms with van der Waals surface area (Å²) in [5, 5.41) is 6.72. The fourth-order valence-electron chi connectivity index (χ4n) is 3.78. The lowest BCUT2D eigenvalue weighted by atomic mass is 10.0. The molecule has 1 aliphatic heterocycles. The highest BCUT2D eigenvalue weighted by Gasteiger charge is 2.23. The average Bonchev–Trinajstić information content (AvgIpc) is 2.80. The van der Waals surface area contributed by atoms with Crippen molar-refractivity contribution in [3.05, 3.63) is 65.5 Å². The minimum absolute atomic E-state index is 0. The van der Waals surface area contributed by atoms with Gasteiger partial charge in [-0.15, -0.1) is 24.0 Å². The second-order valence-corrected chi connectivity index (χ2v) is 7.43. The highest BCUT2D eigenvalue weighted by molar-refractivity contribution is 14.0. The first kappa shape index (κ1) is 26.3. The zero-order valence-corrected chi connectivity index (χ0v) is 21.2. The summed E-state index contributed by atoms with van der Waals surface area (Å²) in [5.41, 5.74) is 2.09. The Balaban J connectivity index is 0.00000363. The van der Waals surface area contributed by atoms with Crippen molar-refractivity contribution in [2.24, 2.45) is 4.99 Å². The third-order valence-electron chi connectivity index (χ3n) is 5.37. The summed E-state index contributed by atoms with van der Waals surface area (Å²) in [7, 11) is 1.69. The fraction of sp³-hybridized carbons (Fsp3) is 0.458. The van der Waals surface area contributed by atoms with Gasteiger partial charge in [-0.2, -0.15) is 0 Å². The zero-order chi connectivity index (χ0) is 21.9. The normalized spacial score (nSPS) is 15.5. The zero-order valence-electron chi connectivity index (χ0n) is 18.9. The van der Waals surface area contributed by atoms with E-state index in [1.165, 1.54) is 6.07 Å². The molecule has 2 aromatic rings. The van der Waals surface area contributed by atoms with Gasteiger partial charge in [-0.25, -0.2) is 4.39 Å². The number of rotatable bonds is 9. The smallest absolute Gasteiger partial charge is 0.191 e. The van der Waals surface area contributed by atoms with Crippen LogP contribution in [0.15, 0.2) is 53.5 Å². The Morgan fingerprint density at radius 3 is 2.66 bits per heavy atom. The molecule has 2 aromatic carbocycles. The topological polar surface area (TPSA) is 58.1 Å². The third-order valence-corrected chi connectivity index (χ3v) is 5.37. The monoisotopic (exact) mass is 556 g/mol. The number of aliphatic imine (C=N–C) groups is 1. The van der Waals surface area contributed by atoms with E-state index < -0.39 is 0 Å². The molecule has 3 rings (SSSR count). The van der Waals surface area contributed by atoms with Gasteiger partial charge in [0.05, 0.1) is 32.9 Å². The predicted molar refractivity (Wildman–Crippen MR) is 138 cm³/mol. The number of hydrogen-bond acceptors (Lipinski definition) is 4. The molecular formula is C24H34FIN4O2. The molecule has 0 aromatic heterocycles. The van der Waals surface area contributed by atoms with E-state index in [1.54, 1.807) is 19.2 Å². The largest absolute Gasteiger partial charge is 0.496 e. The Labute approximate surface area is 207 Å². The van der Waals surface area contributed by atoms with Gasteiger partial charge in [-0.05, 0) is 42.7 Å². The van der Waals surface area contributed by atoms with Crippen molar-refractivity contribution < 1.29 is 13.9 Å². The van der Waals surface area contributed by atoms with Crippen LogP contribution >= 0.6 is 24.0 Å². The number of nitrogens with one attached hydrogen (secondary N) is 2. The van der Waals surface area contributed by atoms with Crippen LogP contribution in [0.3, 0.4) is 0 Å². The number of para-hydroxylation sites is 1. The van der Waals surface area contributed by atoms with Gasteiger partial charge in [-0.3, -0.25) is 9.89 Å². The van der Waals surface area contributed by atoms with Gasteiger partial charge in [0, 0.05) is 26.2 Å². The van der Waals surface area contributed by atoms with Crippen molar-refractivity contribution >= 4 is 29.9 Å². The van der Waals surface area contributed by atoms with E-state index in [2.05, 4.69) is 21.6 Å². The Bertz CT molecular complexity index is 846. The number of hydrogen-bond donors (Lipinski definition) is 2. The lowest BCUT2D eigenvalue weighted by molar-refractivity contribution is 0.0179. The van der Waals surface area contributed by atoms with E-state index in [1.807, 2.05) is 31.2 Å². The van der Waals surface area contributed by atoms with Crippen LogP contribution in [0.2, 0.25) is 0 Å². The molecule has 1 aliphatic rings. The SMILES string of the molecule is CCNC(=NCC(c1cccc(F)c1)N1CCOCC1)NCCc1ccccc1OC.I. The number of benzene rings is 2. The predicted octanol–water partition coefficient (Wildman–Crippen LogP) is 3.62. The second-order valence-electron chi connectivity index (χ2n) is 7.43. The summed E-state index contributed by atoms with van der Waals surface area (Å²) < 4.78 is 24.8. The number of ether oxygens (including phenoxy) is 2. The summed E-state index contributed by atoms with van der Waals surface area (Å²) in [6, 6.07) is 14.9. The standard InChI is InChI=1S/C24H33FN4O2.HI/c1-3-26-24(27-12-11-19-7-4-5-10-23(19)30-2)28-18-22(29-13-15-31-16-14-29)20-8-6-9-21(25)17-20;/h4-10,17,22H,3,11-16,18H2,1-2H3,(H2,26,27,28);1H. The highest BCUT2D eigenvalue weighted by Crippen LogP contribution is 2.23. The van der Waals surface area contributed by atoms with E-state index >= 15 is 0 Å². The number of guanidine groups is 1. The quantitative estimate of drug-likeness (QED) is 0.281. The van der Waals surface area contributed by atoms with Crippen LogP contribution in [0.5, 0.6) is 5.75 Å². The first-order valence-electron chi connectivity index (χ1n) is 10.9. The maximum Gasteiger partial charge on any atom is 0.191 e. The Morgan fingerprint density at radius 1 is 1.16 bits per heavy atom. The molecule has 1 saturated heterocycles. The van der Waals surface area contributed by atoms with Gasteiger partial charge >= 0.3 is 0 Å². The Kier molecular flexibility index (Phi) is 11.8. The van der Waals surface area contributed by atoms with Gasteiger partial charge in [-0.1, -0.05) is 30.3 Å². The van der Waals surface area contributed by atoms with Gasteiger partial charge in [0.2, 0.25) is 0 Å². The second kappa shape index (κ2) is 14.3. The van der Waals surface area contributed by atoms with Crippen LogP contribution in [0.1, 0.15) is 24.1 Å². The third kappa shape index (κ3) is 7.90. The molecule has 1 unspecified atom stereocenters. The van der Waals surface area contributed by atoms with Crippen molar-refractivity contribution in [3.63, 3.8) is 0 Å². The Hall–Kier alpha value is -1.91. The number of nitrogens with zero attached hydrogens (tertiary/aromatic N) is 2. The van der Waals surface area contributed by atoms with Crippen molar-refractivity contribution in [1.29, 1.82) is 0 Å². The van der Waals surface area contributed by atoms with Crippen LogP contribution in [0, 0.1) is 5.82 Å². The van der Waals surface area contributed by atoms with Crippen LogP contribution in [0.25, 0.3) is 0 Å². The van der Waals surface area contributed by atoms with Crippen molar-refractivity contribution in [3.8, 4) is 5.75 Å². The van der Waals surface area contributed by atoms with Gasteiger partial charge in [0.15, 0.2) is 5.96 Å². The molecule has 1 heterocycles. The molecular weight excluding hydrogens is 522 g/mol. The summed E-state index contributed by atoms with van der Waals surface area (Å²) in [6.45, 7) is 7.08. The lowest BCUT2D eigenvalue weighted by Crippen LogP contribution is -2.42. The van der Waals surface area contributed by atoms with Crippen LogP contribution in [0.4, 0.5) is 4.39 Å². The van der Waals surface area contributed by atoms with Crippen LogP contribution in [-0.4, -0.2) is 63.9 Å². The molecule has 0 bridgehead atoms. The van der Waals surface area contributed by atoms with Gasteiger partial charge in [0.1, 0.15) is 11.6 Å².